The number of carbonyl (C=O) groups excluding carboxylic acids is 1. The lowest BCUT2D eigenvalue weighted by atomic mass is 10.1. The maximum Gasteiger partial charge on any atom is 0.294 e. The number of para-hydroxylation sites is 1. The minimum Gasteiger partial charge on any atom is -0.351 e. The first-order valence-electron chi connectivity index (χ1n) is 6.88. The summed E-state index contributed by atoms with van der Waals surface area (Å²) in [7, 11) is 0. The van der Waals surface area contributed by atoms with Gasteiger partial charge < -0.3 is 15.6 Å². The average molecular weight is 293 g/mol. The van der Waals surface area contributed by atoms with Crippen LogP contribution in [-0.4, -0.2) is 41.9 Å². The molecule has 1 aromatic carbocycles. The number of nitrogens with two attached hydrogens (primary N) is 1. The number of benzene rings is 1. The van der Waals surface area contributed by atoms with E-state index in [1.54, 1.807) is 0 Å². The number of nitrogens with zero attached hydrogens (tertiary/aromatic N) is 2. The van der Waals surface area contributed by atoms with Gasteiger partial charge in [-0.2, -0.15) is 0 Å². The Bertz CT molecular complexity index is 529. The number of hydrogen-bond donors (Lipinski definition) is 3. The summed E-state index contributed by atoms with van der Waals surface area (Å²) >= 11 is 0. The maximum absolute atomic E-state index is 12.1. The number of nitro groups is 1. The summed E-state index contributed by atoms with van der Waals surface area (Å²) in [4.78, 5) is 24.7. The van der Waals surface area contributed by atoms with Gasteiger partial charge in [-0.15, -0.1) is 0 Å². The third kappa shape index (κ3) is 3.67. The Morgan fingerprint density at radius 1 is 1.38 bits per heavy atom. The monoisotopic (exact) mass is 293 g/mol. The highest BCUT2D eigenvalue weighted by molar-refractivity contribution is 6.01. The minimum atomic E-state index is -0.573. The van der Waals surface area contributed by atoms with E-state index in [0.29, 0.717) is 6.54 Å². The third-order valence-electron chi connectivity index (χ3n) is 3.54. The summed E-state index contributed by atoms with van der Waals surface area (Å²) in [6, 6.07) is 4.28. The van der Waals surface area contributed by atoms with Crippen LogP contribution in [0, 0.1) is 10.1 Å². The average Bonchev–Trinajstić information content (AvgIpc) is 2.99. The highest BCUT2D eigenvalue weighted by atomic mass is 16.6. The molecule has 1 amide bonds. The molecule has 8 nitrogen and oxygen atoms in total. The van der Waals surface area contributed by atoms with Crippen molar-refractivity contribution in [3.05, 3.63) is 33.9 Å². The number of nitrogen functional groups attached to an aromatic ring is 1. The van der Waals surface area contributed by atoms with Gasteiger partial charge >= 0.3 is 0 Å². The van der Waals surface area contributed by atoms with E-state index in [0.717, 1.165) is 19.6 Å². The van der Waals surface area contributed by atoms with Crippen LogP contribution in [0.15, 0.2) is 18.2 Å². The van der Waals surface area contributed by atoms with E-state index < -0.39 is 4.92 Å². The lowest BCUT2D eigenvalue weighted by Crippen LogP contribution is -2.34. The van der Waals surface area contributed by atoms with Crippen molar-refractivity contribution in [1.82, 2.24) is 10.2 Å². The first-order chi connectivity index (χ1) is 10.1. The van der Waals surface area contributed by atoms with Crippen molar-refractivity contribution in [3.8, 4) is 0 Å². The van der Waals surface area contributed by atoms with Gasteiger partial charge in [0.15, 0.2) is 0 Å². The van der Waals surface area contributed by atoms with Gasteiger partial charge in [-0.3, -0.25) is 20.8 Å². The molecule has 0 aromatic heterocycles. The van der Waals surface area contributed by atoms with Gasteiger partial charge in [0.25, 0.3) is 11.6 Å². The van der Waals surface area contributed by atoms with Gasteiger partial charge in [0.1, 0.15) is 5.69 Å². The standard InChI is InChI=1S/C13H19N5O3/c14-16-12-10(4-3-5-11(12)18(20)21)13(19)15-6-9-17-7-1-2-8-17/h3-5,16H,1-2,6-9,14H2,(H,15,19). The second kappa shape index (κ2) is 7.00. The van der Waals surface area contributed by atoms with Crippen molar-refractivity contribution < 1.29 is 9.72 Å². The number of rotatable bonds is 6. The van der Waals surface area contributed by atoms with E-state index in [-0.39, 0.29) is 22.8 Å². The molecule has 0 atom stereocenters. The predicted octanol–water partition coefficient (Wildman–Crippen LogP) is 0.706. The van der Waals surface area contributed by atoms with Crippen molar-refractivity contribution in [2.75, 3.05) is 31.6 Å². The molecule has 0 saturated carbocycles. The summed E-state index contributed by atoms with van der Waals surface area (Å²) in [5, 5.41) is 13.7. The molecule has 0 unspecified atom stereocenters. The van der Waals surface area contributed by atoms with E-state index in [4.69, 9.17) is 5.84 Å². The second-order valence-corrected chi connectivity index (χ2v) is 4.91. The largest absolute Gasteiger partial charge is 0.351 e. The fourth-order valence-corrected chi connectivity index (χ4v) is 2.46. The lowest BCUT2D eigenvalue weighted by Gasteiger charge is -2.15. The molecule has 0 bridgehead atoms. The van der Waals surface area contributed by atoms with Gasteiger partial charge in [-0.05, 0) is 32.0 Å². The summed E-state index contributed by atoms with van der Waals surface area (Å²) in [5.41, 5.74) is 2.23. The molecule has 8 heteroatoms. The zero-order chi connectivity index (χ0) is 15.2. The molecule has 2 rings (SSSR count). The third-order valence-corrected chi connectivity index (χ3v) is 3.54. The van der Waals surface area contributed by atoms with Crippen LogP contribution in [0.3, 0.4) is 0 Å². The Hall–Kier alpha value is -2.19. The molecular weight excluding hydrogens is 274 g/mol. The summed E-state index contributed by atoms with van der Waals surface area (Å²) in [6.07, 6.45) is 2.39. The Balaban J connectivity index is 2.01. The van der Waals surface area contributed by atoms with Crippen LogP contribution < -0.4 is 16.6 Å². The number of amides is 1. The smallest absolute Gasteiger partial charge is 0.294 e. The van der Waals surface area contributed by atoms with Crippen molar-refractivity contribution in [3.63, 3.8) is 0 Å². The highest BCUT2D eigenvalue weighted by Gasteiger charge is 2.21. The maximum atomic E-state index is 12.1. The normalized spacial score (nSPS) is 14.9. The van der Waals surface area contributed by atoms with Crippen molar-refractivity contribution in [2.24, 2.45) is 5.84 Å². The molecule has 21 heavy (non-hydrogen) atoms. The number of anilines is 1. The van der Waals surface area contributed by atoms with Crippen LogP contribution in [0.2, 0.25) is 0 Å². The molecule has 1 aliphatic rings. The summed E-state index contributed by atoms with van der Waals surface area (Å²) < 4.78 is 0. The van der Waals surface area contributed by atoms with Gasteiger partial charge in [-0.25, -0.2) is 0 Å². The fourth-order valence-electron chi connectivity index (χ4n) is 2.46. The first kappa shape index (κ1) is 15.2. The highest BCUT2D eigenvalue weighted by Crippen LogP contribution is 2.27. The van der Waals surface area contributed by atoms with Crippen LogP contribution in [0.5, 0.6) is 0 Å². The van der Waals surface area contributed by atoms with Gasteiger partial charge in [0, 0.05) is 19.2 Å². The number of likely N-dealkylation sites (tertiary alicyclic amines) is 1. The predicted molar refractivity (Wildman–Crippen MR) is 78.9 cm³/mol. The number of hydrazine groups is 1. The minimum absolute atomic E-state index is 0.0289. The van der Waals surface area contributed by atoms with Gasteiger partial charge in [0.05, 0.1) is 10.5 Å². The molecule has 114 valence electrons. The Morgan fingerprint density at radius 2 is 2.10 bits per heavy atom. The quantitative estimate of drug-likeness (QED) is 0.404. The van der Waals surface area contributed by atoms with Crippen LogP contribution in [0.25, 0.3) is 0 Å². The second-order valence-electron chi connectivity index (χ2n) is 4.91. The topological polar surface area (TPSA) is 114 Å². The molecule has 1 aliphatic heterocycles. The number of hydrogen-bond acceptors (Lipinski definition) is 6. The van der Waals surface area contributed by atoms with E-state index in [1.807, 2.05) is 0 Å². The SMILES string of the molecule is NNc1c(C(=O)NCCN2CCCC2)cccc1[N+](=O)[O-]. The van der Waals surface area contributed by atoms with Crippen LogP contribution in [0.1, 0.15) is 23.2 Å². The van der Waals surface area contributed by atoms with E-state index in [2.05, 4.69) is 15.6 Å². The van der Waals surface area contributed by atoms with Gasteiger partial charge in [0.2, 0.25) is 0 Å². The van der Waals surface area contributed by atoms with Crippen molar-refractivity contribution in [1.29, 1.82) is 0 Å². The number of nitro benzene ring substituents is 1. The van der Waals surface area contributed by atoms with Crippen molar-refractivity contribution >= 4 is 17.3 Å². The zero-order valence-electron chi connectivity index (χ0n) is 11.7. The molecule has 4 N–H and O–H groups in total. The number of nitrogens with one attached hydrogen (secondary N) is 2. The fraction of sp³-hybridized carbons (Fsp3) is 0.462. The molecule has 0 aliphatic carbocycles. The lowest BCUT2D eigenvalue weighted by molar-refractivity contribution is -0.384. The molecule has 1 saturated heterocycles. The van der Waals surface area contributed by atoms with Crippen LogP contribution >= 0.6 is 0 Å². The molecule has 1 aromatic rings. The first-order valence-corrected chi connectivity index (χ1v) is 6.88. The molecule has 1 heterocycles. The number of carbonyl (C=O) groups is 1. The molecule has 0 spiro atoms. The van der Waals surface area contributed by atoms with Crippen molar-refractivity contribution in [2.45, 2.75) is 12.8 Å². The summed E-state index contributed by atoms with van der Waals surface area (Å²) in [5.74, 6) is 4.94. The zero-order valence-corrected chi connectivity index (χ0v) is 11.7. The Kier molecular flexibility index (Phi) is 5.07. The molecular formula is C13H19N5O3. The summed E-state index contributed by atoms with van der Waals surface area (Å²) in [6.45, 7) is 3.40. The Labute approximate surface area is 122 Å². The molecule has 0 radical (unpaired) electrons. The van der Waals surface area contributed by atoms with Crippen LogP contribution in [0.4, 0.5) is 11.4 Å². The van der Waals surface area contributed by atoms with E-state index in [1.165, 1.54) is 31.0 Å². The van der Waals surface area contributed by atoms with Crippen LogP contribution in [-0.2, 0) is 0 Å². The van der Waals surface area contributed by atoms with E-state index in [9.17, 15) is 14.9 Å². The van der Waals surface area contributed by atoms with Gasteiger partial charge in [-0.1, -0.05) is 6.07 Å². The van der Waals surface area contributed by atoms with E-state index >= 15 is 0 Å². The Morgan fingerprint density at radius 3 is 2.71 bits per heavy atom. The molecule has 1 fully saturated rings.